The van der Waals surface area contributed by atoms with E-state index in [0.29, 0.717) is 5.57 Å². The van der Waals surface area contributed by atoms with Gasteiger partial charge in [0, 0.05) is 30.7 Å². The second kappa shape index (κ2) is 6.41. The highest BCUT2D eigenvalue weighted by molar-refractivity contribution is 6.15. The van der Waals surface area contributed by atoms with Gasteiger partial charge in [0.1, 0.15) is 0 Å². The van der Waals surface area contributed by atoms with E-state index < -0.39 is 17.8 Å². The first kappa shape index (κ1) is 15.3. The number of ether oxygens (including phenoxy) is 1. The minimum atomic E-state index is -0.525. The zero-order valence-electron chi connectivity index (χ0n) is 10.8. The van der Waals surface area contributed by atoms with Crippen LogP contribution in [0.25, 0.3) is 0 Å². The molecule has 0 radical (unpaired) electrons. The predicted molar refractivity (Wildman–Crippen MR) is 64.5 cm³/mol. The van der Waals surface area contributed by atoms with Crippen LogP contribution < -0.4 is 5.32 Å². The molecular formula is C12H12N2O6. The quantitative estimate of drug-likeness (QED) is 0.514. The van der Waals surface area contributed by atoms with Gasteiger partial charge in [0.15, 0.2) is 6.73 Å². The minimum Gasteiger partial charge on any atom is -0.444 e. The van der Waals surface area contributed by atoms with E-state index in [9.17, 15) is 24.0 Å². The Balaban J connectivity index is 0.000000217. The molecule has 0 saturated carbocycles. The van der Waals surface area contributed by atoms with Crippen LogP contribution >= 0.6 is 0 Å². The van der Waals surface area contributed by atoms with Crippen molar-refractivity contribution in [2.75, 3.05) is 6.73 Å². The number of nitrogens with zero attached hydrogens (tertiary/aromatic N) is 1. The Bertz CT molecular complexity index is 528. The molecule has 106 valence electrons. The van der Waals surface area contributed by atoms with Crippen molar-refractivity contribution < 1.29 is 28.7 Å². The topological polar surface area (TPSA) is 110 Å². The van der Waals surface area contributed by atoms with E-state index in [-0.39, 0.29) is 18.5 Å². The Kier molecular flexibility index (Phi) is 4.90. The lowest BCUT2D eigenvalue weighted by atomic mass is 10.3. The number of rotatable bonds is 2. The second-order valence-electron chi connectivity index (χ2n) is 3.85. The zero-order valence-corrected chi connectivity index (χ0v) is 10.8. The predicted octanol–water partition coefficient (Wildman–Crippen LogP) is -0.979. The summed E-state index contributed by atoms with van der Waals surface area (Å²) in [5.74, 6) is -2.03. The second-order valence-corrected chi connectivity index (χ2v) is 3.85. The molecule has 0 unspecified atom stereocenters. The molecule has 0 aromatic carbocycles. The van der Waals surface area contributed by atoms with Crippen molar-refractivity contribution in [3.63, 3.8) is 0 Å². The van der Waals surface area contributed by atoms with Crippen molar-refractivity contribution >= 4 is 29.6 Å². The normalized spacial score (nSPS) is 16.7. The van der Waals surface area contributed by atoms with Crippen molar-refractivity contribution in [3.8, 4) is 0 Å². The Morgan fingerprint density at radius 3 is 2.05 bits per heavy atom. The molecule has 0 atom stereocenters. The highest BCUT2D eigenvalue weighted by Crippen LogP contribution is 2.02. The van der Waals surface area contributed by atoms with Crippen LogP contribution in [0.4, 0.5) is 0 Å². The van der Waals surface area contributed by atoms with E-state index in [0.717, 1.165) is 17.1 Å². The van der Waals surface area contributed by atoms with Crippen molar-refractivity contribution in [1.29, 1.82) is 0 Å². The Morgan fingerprint density at radius 2 is 1.75 bits per heavy atom. The average Bonchev–Trinajstić information content (AvgIpc) is 2.81. The highest BCUT2D eigenvalue weighted by Gasteiger charge is 2.23. The third-order valence-electron chi connectivity index (χ3n) is 2.24. The molecular weight excluding hydrogens is 268 g/mol. The molecule has 0 aliphatic carbocycles. The van der Waals surface area contributed by atoms with Crippen LogP contribution in [-0.4, -0.2) is 41.2 Å². The molecule has 2 aliphatic heterocycles. The summed E-state index contributed by atoms with van der Waals surface area (Å²) >= 11 is 0. The number of carbonyl (C=O) groups excluding carboxylic acids is 5. The standard InChI is InChI=1S/C7H7NO4.C5H5NO2/c1-5(9)12-4-8-6(10)2-3-7(8)11;1-3-2-4(7)6-5(3)8/h2-3H,4H2,1H3;2H,1H3,(H,6,7,8). The molecule has 2 aliphatic rings. The molecule has 2 heterocycles. The lowest BCUT2D eigenvalue weighted by molar-refractivity contribution is -0.153. The molecule has 0 bridgehead atoms. The van der Waals surface area contributed by atoms with Gasteiger partial charge in [0.05, 0.1) is 0 Å². The van der Waals surface area contributed by atoms with Gasteiger partial charge in [-0.15, -0.1) is 0 Å². The molecule has 8 heteroatoms. The molecule has 4 amide bonds. The van der Waals surface area contributed by atoms with Gasteiger partial charge in [-0.2, -0.15) is 0 Å². The largest absolute Gasteiger partial charge is 0.444 e. The maximum atomic E-state index is 10.8. The summed E-state index contributed by atoms with van der Waals surface area (Å²) in [7, 11) is 0. The number of carbonyl (C=O) groups is 5. The van der Waals surface area contributed by atoms with Gasteiger partial charge in [0.25, 0.3) is 23.6 Å². The summed E-state index contributed by atoms with van der Waals surface area (Å²) in [6, 6.07) is 0. The lowest BCUT2D eigenvalue weighted by Crippen LogP contribution is -2.32. The van der Waals surface area contributed by atoms with Crippen LogP contribution in [-0.2, 0) is 28.7 Å². The van der Waals surface area contributed by atoms with E-state index in [4.69, 9.17) is 0 Å². The van der Waals surface area contributed by atoms with E-state index in [2.05, 4.69) is 10.1 Å². The summed E-state index contributed by atoms with van der Waals surface area (Å²) < 4.78 is 4.47. The first-order valence-corrected chi connectivity index (χ1v) is 5.51. The smallest absolute Gasteiger partial charge is 0.304 e. The molecule has 1 N–H and O–H groups in total. The number of amides is 4. The van der Waals surface area contributed by atoms with E-state index in [1.807, 2.05) is 0 Å². The fourth-order valence-corrected chi connectivity index (χ4v) is 1.22. The minimum absolute atomic E-state index is 0.282. The number of hydrogen-bond donors (Lipinski definition) is 1. The van der Waals surface area contributed by atoms with E-state index >= 15 is 0 Å². The van der Waals surface area contributed by atoms with Crippen molar-refractivity contribution in [1.82, 2.24) is 10.2 Å². The van der Waals surface area contributed by atoms with Crippen LogP contribution in [0.15, 0.2) is 23.8 Å². The van der Waals surface area contributed by atoms with Gasteiger partial charge in [-0.25, -0.2) is 4.90 Å². The first-order chi connectivity index (χ1) is 9.31. The van der Waals surface area contributed by atoms with Gasteiger partial charge in [0.2, 0.25) is 0 Å². The number of nitrogens with one attached hydrogen (secondary N) is 1. The molecule has 0 fully saturated rings. The number of esters is 1. The molecule has 8 nitrogen and oxygen atoms in total. The summed E-state index contributed by atoms with van der Waals surface area (Å²) in [5, 5.41) is 2.10. The summed E-state index contributed by atoms with van der Waals surface area (Å²) in [6.07, 6.45) is 3.54. The fraction of sp³-hybridized carbons (Fsp3) is 0.250. The molecule has 0 saturated heterocycles. The van der Waals surface area contributed by atoms with Gasteiger partial charge < -0.3 is 4.74 Å². The van der Waals surface area contributed by atoms with Gasteiger partial charge in [-0.1, -0.05) is 0 Å². The van der Waals surface area contributed by atoms with Gasteiger partial charge in [-0.3, -0.25) is 29.3 Å². The lowest BCUT2D eigenvalue weighted by Gasteiger charge is -2.12. The van der Waals surface area contributed by atoms with Crippen molar-refractivity contribution in [3.05, 3.63) is 23.8 Å². The van der Waals surface area contributed by atoms with Crippen LogP contribution in [0, 0.1) is 0 Å². The SMILES string of the molecule is CC(=O)OCN1C(=O)C=CC1=O.CC1=CC(=O)NC1=O. The summed E-state index contributed by atoms with van der Waals surface area (Å²) in [5.41, 5.74) is 0.481. The van der Waals surface area contributed by atoms with Crippen molar-refractivity contribution in [2.45, 2.75) is 13.8 Å². The average molecular weight is 280 g/mol. The van der Waals surface area contributed by atoms with Crippen LogP contribution in [0.1, 0.15) is 13.8 Å². The van der Waals surface area contributed by atoms with Gasteiger partial charge in [-0.05, 0) is 6.92 Å². The zero-order chi connectivity index (χ0) is 15.3. The Labute approximate surface area is 114 Å². The highest BCUT2D eigenvalue weighted by atomic mass is 16.5. The van der Waals surface area contributed by atoms with Crippen molar-refractivity contribution in [2.24, 2.45) is 0 Å². The first-order valence-electron chi connectivity index (χ1n) is 5.51. The summed E-state index contributed by atoms with van der Waals surface area (Å²) in [4.78, 5) is 53.4. The maximum absolute atomic E-state index is 10.8. The Morgan fingerprint density at radius 1 is 1.20 bits per heavy atom. The van der Waals surface area contributed by atoms with Crippen LogP contribution in [0.2, 0.25) is 0 Å². The Hall–Kier alpha value is -2.77. The number of imide groups is 2. The molecule has 0 spiro atoms. The molecule has 20 heavy (non-hydrogen) atoms. The maximum Gasteiger partial charge on any atom is 0.304 e. The van der Waals surface area contributed by atoms with Crippen LogP contribution in [0.3, 0.4) is 0 Å². The third kappa shape index (κ3) is 4.16. The van der Waals surface area contributed by atoms with E-state index in [1.165, 1.54) is 13.0 Å². The molecule has 2 rings (SSSR count). The summed E-state index contributed by atoms with van der Waals surface area (Å²) in [6.45, 7) is 2.50. The van der Waals surface area contributed by atoms with Crippen LogP contribution in [0.5, 0.6) is 0 Å². The fourth-order valence-electron chi connectivity index (χ4n) is 1.22. The van der Waals surface area contributed by atoms with E-state index in [1.54, 1.807) is 6.92 Å². The number of hydrogen-bond acceptors (Lipinski definition) is 6. The molecule has 0 aromatic heterocycles. The molecule has 0 aromatic rings. The third-order valence-corrected chi connectivity index (χ3v) is 2.24. The monoisotopic (exact) mass is 280 g/mol. The van der Waals surface area contributed by atoms with Gasteiger partial charge >= 0.3 is 5.97 Å².